The van der Waals surface area contributed by atoms with Crippen LogP contribution in [0.2, 0.25) is 0 Å². The number of carbonyl (C=O) groups is 1. The average molecular weight is 543 g/mol. The minimum absolute atomic E-state index is 0.0398. The quantitative estimate of drug-likeness (QED) is 0.148. The summed E-state index contributed by atoms with van der Waals surface area (Å²) < 4.78 is 7.10. The lowest BCUT2D eigenvalue weighted by molar-refractivity contribution is 0.103. The van der Waals surface area contributed by atoms with Gasteiger partial charge in [0.05, 0.1) is 0 Å². The van der Waals surface area contributed by atoms with E-state index in [9.17, 15) is 4.79 Å². The minimum atomic E-state index is 0.0398. The van der Waals surface area contributed by atoms with E-state index in [1.165, 1.54) is 96.6 Å². The van der Waals surface area contributed by atoms with Crippen LogP contribution in [0.4, 0.5) is 0 Å². The zero-order valence-electron chi connectivity index (χ0n) is 21.7. The van der Waals surface area contributed by atoms with E-state index in [0.29, 0.717) is 17.2 Å². The van der Waals surface area contributed by atoms with Crippen molar-refractivity contribution in [3.05, 3.63) is 64.1 Å². The number of halogens is 1. The van der Waals surface area contributed by atoms with Crippen LogP contribution in [0.3, 0.4) is 0 Å². The SMILES string of the molecule is CCCCCCCCCCCCCN1CCCC1COc1ccc(C(=O)c2ccc(Br)cc2)cc1. The topological polar surface area (TPSA) is 29.5 Å². The van der Waals surface area contributed by atoms with Gasteiger partial charge in [0, 0.05) is 21.6 Å². The summed E-state index contributed by atoms with van der Waals surface area (Å²) in [7, 11) is 0. The lowest BCUT2D eigenvalue weighted by Gasteiger charge is -2.24. The number of ketones is 1. The summed E-state index contributed by atoms with van der Waals surface area (Å²) >= 11 is 3.42. The molecule has 192 valence electrons. The minimum Gasteiger partial charge on any atom is -0.492 e. The maximum Gasteiger partial charge on any atom is 0.193 e. The molecule has 2 aromatic rings. The van der Waals surface area contributed by atoms with Gasteiger partial charge in [-0.25, -0.2) is 0 Å². The third kappa shape index (κ3) is 10.1. The van der Waals surface area contributed by atoms with Gasteiger partial charge in [-0.1, -0.05) is 87.1 Å². The second-order valence-corrected chi connectivity index (χ2v) is 11.0. The largest absolute Gasteiger partial charge is 0.492 e. The van der Waals surface area contributed by atoms with Crippen LogP contribution in [-0.2, 0) is 0 Å². The van der Waals surface area contributed by atoms with Crippen molar-refractivity contribution in [2.45, 2.75) is 96.4 Å². The molecule has 1 heterocycles. The highest BCUT2D eigenvalue weighted by molar-refractivity contribution is 9.10. The lowest BCUT2D eigenvalue weighted by atomic mass is 10.0. The van der Waals surface area contributed by atoms with Gasteiger partial charge in [-0.2, -0.15) is 0 Å². The summed E-state index contributed by atoms with van der Waals surface area (Å²) in [6.07, 6.45) is 17.8. The molecule has 1 aliphatic rings. The Morgan fingerprint density at radius 3 is 1.97 bits per heavy atom. The second kappa shape index (κ2) is 16.2. The molecule has 0 amide bonds. The van der Waals surface area contributed by atoms with Crippen molar-refractivity contribution in [2.24, 2.45) is 0 Å². The van der Waals surface area contributed by atoms with Crippen LogP contribution >= 0.6 is 15.9 Å². The normalized spacial score (nSPS) is 16.0. The summed E-state index contributed by atoms with van der Waals surface area (Å²) in [6.45, 7) is 5.42. The van der Waals surface area contributed by atoms with Crippen LogP contribution in [0.25, 0.3) is 0 Å². The maximum atomic E-state index is 12.7. The van der Waals surface area contributed by atoms with E-state index in [0.717, 1.165) is 16.8 Å². The molecule has 0 aliphatic carbocycles. The molecule has 3 rings (SSSR count). The number of likely N-dealkylation sites (tertiary alicyclic amines) is 1. The molecule has 0 bridgehead atoms. The molecule has 35 heavy (non-hydrogen) atoms. The standard InChI is InChI=1S/C31H44BrNO2/c1-2-3-4-5-6-7-8-9-10-11-12-23-33-24-13-14-29(33)25-35-30-21-17-27(18-22-30)31(34)26-15-19-28(32)20-16-26/h15-22,29H,2-14,23-25H2,1H3. The molecule has 1 aliphatic heterocycles. The summed E-state index contributed by atoms with van der Waals surface area (Å²) in [4.78, 5) is 15.3. The fourth-order valence-electron chi connectivity index (χ4n) is 5.02. The van der Waals surface area contributed by atoms with Crippen LogP contribution in [0, 0.1) is 0 Å². The fourth-order valence-corrected chi connectivity index (χ4v) is 5.28. The fraction of sp³-hybridized carbons (Fsp3) is 0.581. The Morgan fingerprint density at radius 2 is 1.37 bits per heavy atom. The first-order chi connectivity index (χ1) is 17.2. The number of nitrogens with zero attached hydrogens (tertiary/aromatic N) is 1. The first-order valence-electron chi connectivity index (χ1n) is 13.9. The Bertz CT molecular complexity index is 849. The molecule has 0 saturated carbocycles. The summed E-state index contributed by atoms with van der Waals surface area (Å²) in [6, 6.07) is 15.6. The monoisotopic (exact) mass is 541 g/mol. The van der Waals surface area contributed by atoms with Gasteiger partial charge in [0.2, 0.25) is 0 Å². The van der Waals surface area contributed by atoms with E-state index >= 15 is 0 Å². The smallest absolute Gasteiger partial charge is 0.193 e. The van der Waals surface area contributed by atoms with Crippen LogP contribution in [0.5, 0.6) is 5.75 Å². The molecular formula is C31H44BrNO2. The zero-order valence-corrected chi connectivity index (χ0v) is 23.2. The number of ether oxygens (including phenoxy) is 1. The van der Waals surface area contributed by atoms with Crippen molar-refractivity contribution in [3.63, 3.8) is 0 Å². The van der Waals surface area contributed by atoms with Gasteiger partial charge in [0.25, 0.3) is 0 Å². The third-order valence-corrected chi connectivity index (χ3v) is 7.74. The summed E-state index contributed by atoms with van der Waals surface area (Å²) in [5.41, 5.74) is 1.39. The van der Waals surface area contributed by atoms with Gasteiger partial charge in [-0.15, -0.1) is 0 Å². The van der Waals surface area contributed by atoms with Crippen molar-refractivity contribution in [1.29, 1.82) is 0 Å². The molecule has 0 radical (unpaired) electrons. The number of hydrogen-bond acceptors (Lipinski definition) is 3. The molecule has 1 atom stereocenters. The Kier molecular flexibility index (Phi) is 12.9. The van der Waals surface area contributed by atoms with E-state index in [4.69, 9.17) is 4.74 Å². The summed E-state index contributed by atoms with van der Waals surface area (Å²) in [5, 5.41) is 0. The number of hydrogen-bond donors (Lipinski definition) is 0. The third-order valence-electron chi connectivity index (χ3n) is 7.21. The highest BCUT2D eigenvalue weighted by atomic mass is 79.9. The molecule has 1 unspecified atom stereocenters. The van der Waals surface area contributed by atoms with Crippen LogP contribution in [-0.4, -0.2) is 36.4 Å². The molecular weight excluding hydrogens is 498 g/mol. The van der Waals surface area contributed by atoms with Crippen molar-refractivity contribution in [1.82, 2.24) is 4.90 Å². The summed E-state index contributed by atoms with van der Waals surface area (Å²) in [5.74, 6) is 0.886. The molecule has 0 aromatic heterocycles. The molecule has 3 nitrogen and oxygen atoms in total. The van der Waals surface area contributed by atoms with Crippen LogP contribution < -0.4 is 4.74 Å². The Hall–Kier alpha value is -1.65. The first-order valence-corrected chi connectivity index (χ1v) is 14.7. The Morgan fingerprint density at radius 1 is 0.829 bits per heavy atom. The Labute approximate surface area is 221 Å². The van der Waals surface area contributed by atoms with E-state index in [-0.39, 0.29) is 5.78 Å². The number of benzene rings is 2. The van der Waals surface area contributed by atoms with E-state index in [1.807, 2.05) is 48.5 Å². The van der Waals surface area contributed by atoms with Gasteiger partial charge < -0.3 is 4.74 Å². The zero-order chi connectivity index (χ0) is 24.7. The predicted molar refractivity (Wildman–Crippen MR) is 151 cm³/mol. The van der Waals surface area contributed by atoms with Crippen LogP contribution in [0.15, 0.2) is 53.0 Å². The van der Waals surface area contributed by atoms with Gasteiger partial charge in [-0.05, 0) is 80.9 Å². The maximum absolute atomic E-state index is 12.7. The van der Waals surface area contributed by atoms with E-state index < -0.39 is 0 Å². The second-order valence-electron chi connectivity index (χ2n) is 10.0. The molecule has 0 N–H and O–H groups in total. The van der Waals surface area contributed by atoms with Gasteiger partial charge in [0.15, 0.2) is 5.78 Å². The van der Waals surface area contributed by atoms with E-state index in [1.54, 1.807) is 0 Å². The van der Waals surface area contributed by atoms with E-state index in [2.05, 4.69) is 27.8 Å². The van der Waals surface area contributed by atoms with Crippen LogP contribution in [0.1, 0.15) is 106 Å². The molecule has 4 heteroatoms. The van der Waals surface area contributed by atoms with Crippen molar-refractivity contribution < 1.29 is 9.53 Å². The van der Waals surface area contributed by atoms with Crippen molar-refractivity contribution >= 4 is 21.7 Å². The number of unbranched alkanes of at least 4 members (excludes halogenated alkanes) is 10. The van der Waals surface area contributed by atoms with Crippen molar-refractivity contribution in [3.8, 4) is 5.75 Å². The molecule has 1 saturated heterocycles. The highest BCUT2D eigenvalue weighted by Gasteiger charge is 2.24. The van der Waals surface area contributed by atoms with Gasteiger partial charge >= 0.3 is 0 Å². The number of rotatable bonds is 17. The first kappa shape index (κ1) is 27.9. The van der Waals surface area contributed by atoms with Gasteiger partial charge in [-0.3, -0.25) is 9.69 Å². The van der Waals surface area contributed by atoms with Gasteiger partial charge in [0.1, 0.15) is 12.4 Å². The number of carbonyl (C=O) groups excluding carboxylic acids is 1. The van der Waals surface area contributed by atoms with Crippen molar-refractivity contribution in [2.75, 3.05) is 19.7 Å². The predicted octanol–water partition coefficient (Wildman–Crippen LogP) is 8.83. The molecule has 0 spiro atoms. The highest BCUT2D eigenvalue weighted by Crippen LogP contribution is 2.22. The molecule has 2 aromatic carbocycles. The molecule has 1 fully saturated rings. The average Bonchev–Trinajstić information content (AvgIpc) is 3.33. The lowest BCUT2D eigenvalue weighted by Crippen LogP contribution is -2.34. The Balaban J connectivity index is 1.29.